The quantitative estimate of drug-likeness (QED) is 0.177. The van der Waals surface area contributed by atoms with Gasteiger partial charge in [0, 0.05) is 18.4 Å². The second kappa shape index (κ2) is 15.9. The molecule has 9 unspecified atom stereocenters. The molecule has 268 valence electrons. The van der Waals surface area contributed by atoms with Gasteiger partial charge < -0.3 is 44.5 Å². The number of benzene rings is 1. The number of epoxide rings is 1. The fourth-order valence-corrected chi connectivity index (χ4v) is 6.43. The first-order valence-corrected chi connectivity index (χ1v) is 17.0. The Morgan fingerprint density at radius 3 is 2.57 bits per heavy atom. The first-order chi connectivity index (χ1) is 23.3. The largest absolute Gasteiger partial charge is 0.460 e. The van der Waals surface area contributed by atoms with E-state index in [1.165, 1.54) is 6.92 Å². The van der Waals surface area contributed by atoms with Crippen molar-refractivity contribution in [2.24, 2.45) is 5.92 Å². The number of amides is 2. The molecule has 4 aliphatic rings. The molecule has 0 radical (unpaired) electrons. The summed E-state index contributed by atoms with van der Waals surface area (Å²) in [6, 6.07) is 4.95. The lowest BCUT2D eigenvalue weighted by atomic mass is 9.88. The number of carbonyl (C=O) groups is 4. The third-order valence-corrected chi connectivity index (χ3v) is 9.06. The smallest absolute Gasteiger partial charge is 0.339 e. The number of hydrogen-bond donors (Lipinski definition) is 4. The lowest BCUT2D eigenvalue weighted by Gasteiger charge is -2.31. The Morgan fingerprint density at radius 2 is 1.86 bits per heavy atom. The molecule has 2 aliphatic heterocycles. The Balaban J connectivity index is 1.20. The summed E-state index contributed by atoms with van der Waals surface area (Å²) in [7, 11) is 0. The number of nitrogens with one attached hydrogen (secondary N) is 2. The van der Waals surface area contributed by atoms with Gasteiger partial charge in [-0.1, -0.05) is 30.4 Å². The molecule has 2 heterocycles. The second-order valence-corrected chi connectivity index (χ2v) is 14.2. The predicted octanol–water partition coefficient (Wildman–Crippen LogP) is 2.33. The summed E-state index contributed by atoms with van der Waals surface area (Å²) in [6.07, 6.45) is 5.98. The maximum absolute atomic E-state index is 13.5. The summed E-state index contributed by atoms with van der Waals surface area (Å²) in [5.41, 5.74) is 0.609. The molecule has 4 N–H and O–H groups in total. The van der Waals surface area contributed by atoms with Gasteiger partial charge in [-0.3, -0.25) is 14.4 Å². The Labute approximate surface area is 286 Å². The average Bonchev–Trinajstić information content (AvgIpc) is 3.67. The maximum Gasteiger partial charge on any atom is 0.339 e. The van der Waals surface area contributed by atoms with Crippen molar-refractivity contribution in [1.29, 1.82) is 0 Å². The number of carbonyl (C=O) groups excluding carboxylic acids is 4. The predicted molar refractivity (Wildman–Crippen MR) is 176 cm³/mol. The lowest BCUT2D eigenvalue weighted by Crippen LogP contribution is -2.55. The average molecular weight is 685 g/mol. The summed E-state index contributed by atoms with van der Waals surface area (Å²) in [6.45, 7) is 6.04. The van der Waals surface area contributed by atoms with E-state index in [0.29, 0.717) is 29.3 Å². The van der Waals surface area contributed by atoms with Gasteiger partial charge >= 0.3 is 11.9 Å². The van der Waals surface area contributed by atoms with E-state index in [9.17, 15) is 29.4 Å². The van der Waals surface area contributed by atoms with E-state index in [1.807, 2.05) is 18.2 Å². The van der Waals surface area contributed by atoms with Crippen LogP contribution in [0.4, 0.5) is 0 Å². The molecule has 3 fully saturated rings. The zero-order chi connectivity index (χ0) is 35.3. The summed E-state index contributed by atoms with van der Waals surface area (Å²) >= 11 is 0. The number of esters is 2. The number of hydrogen-bond acceptors (Lipinski definition) is 11. The van der Waals surface area contributed by atoms with E-state index < -0.39 is 72.5 Å². The minimum atomic E-state index is -1.39. The van der Waals surface area contributed by atoms with Crippen LogP contribution in [0.25, 0.3) is 6.08 Å². The van der Waals surface area contributed by atoms with Crippen LogP contribution in [0.1, 0.15) is 82.1 Å². The summed E-state index contributed by atoms with van der Waals surface area (Å²) in [5, 5.41) is 25.4. The number of ether oxygens (including phenoxy) is 5. The van der Waals surface area contributed by atoms with Crippen LogP contribution in [-0.2, 0) is 38.1 Å². The fourth-order valence-electron chi connectivity index (χ4n) is 6.43. The maximum atomic E-state index is 13.5. The highest BCUT2D eigenvalue weighted by Gasteiger charge is 2.44. The topological polar surface area (TPSA) is 182 Å². The Bertz CT molecular complexity index is 1430. The third kappa shape index (κ3) is 9.98. The molecule has 1 saturated carbocycles. The van der Waals surface area contributed by atoms with Gasteiger partial charge in [0.15, 0.2) is 0 Å². The van der Waals surface area contributed by atoms with Gasteiger partial charge in [0.25, 0.3) is 0 Å². The molecule has 2 amide bonds. The van der Waals surface area contributed by atoms with E-state index in [-0.39, 0.29) is 31.6 Å². The van der Waals surface area contributed by atoms with Crippen LogP contribution in [0.15, 0.2) is 42.0 Å². The van der Waals surface area contributed by atoms with E-state index in [4.69, 9.17) is 23.7 Å². The molecule has 2 aliphatic carbocycles. The lowest BCUT2D eigenvalue weighted by molar-refractivity contribution is -0.155. The van der Waals surface area contributed by atoms with Crippen LogP contribution in [0.3, 0.4) is 0 Å². The molecule has 0 spiro atoms. The van der Waals surface area contributed by atoms with Crippen molar-refractivity contribution in [2.45, 2.75) is 121 Å². The van der Waals surface area contributed by atoms with Crippen molar-refractivity contribution in [3.63, 3.8) is 0 Å². The summed E-state index contributed by atoms with van der Waals surface area (Å²) < 4.78 is 28.3. The van der Waals surface area contributed by atoms with E-state index in [1.54, 1.807) is 39.0 Å². The van der Waals surface area contributed by atoms with Gasteiger partial charge in [-0.25, -0.2) is 4.79 Å². The van der Waals surface area contributed by atoms with Gasteiger partial charge in [-0.2, -0.15) is 0 Å². The summed E-state index contributed by atoms with van der Waals surface area (Å²) in [5.74, 6) is -2.09. The zero-order valence-corrected chi connectivity index (χ0v) is 28.5. The molecular formula is C36H48N2O11. The van der Waals surface area contributed by atoms with Gasteiger partial charge in [0.2, 0.25) is 11.8 Å². The van der Waals surface area contributed by atoms with Crippen LogP contribution in [-0.4, -0.2) is 102 Å². The molecule has 9 atom stereocenters. The van der Waals surface area contributed by atoms with Crippen LogP contribution in [0.5, 0.6) is 0 Å². The minimum Gasteiger partial charge on any atom is -0.460 e. The normalized spacial score (nSPS) is 27.9. The van der Waals surface area contributed by atoms with Gasteiger partial charge in [0.05, 0.1) is 36.5 Å². The Morgan fingerprint density at radius 1 is 1.08 bits per heavy atom. The number of rotatable bonds is 13. The first-order valence-electron chi connectivity index (χ1n) is 17.0. The molecule has 49 heavy (non-hydrogen) atoms. The number of fused-ring (bicyclic) bond motifs is 2. The van der Waals surface area contributed by atoms with Gasteiger partial charge in [-0.15, -0.1) is 0 Å². The number of aliphatic hydroxyl groups is 2. The minimum absolute atomic E-state index is 0.0198. The highest BCUT2D eigenvalue weighted by molar-refractivity contribution is 5.98. The SMILES string of the molecule is CC(O)C(NC(=O)C1=CC2OCOC2C(OC(=O)c2ccccc2C=CC2CCC3OC3C2)C1)C(=O)NC(CO)CCC(=O)OC(C)(C)C. The van der Waals surface area contributed by atoms with Crippen molar-refractivity contribution in [1.82, 2.24) is 10.6 Å². The van der Waals surface area contributed by atoms with Crippen LogP contribution < -0.4 is 10.6 Å². The number of allylic oxidation sites excluding steroid dienone is 1. The molecular weight excluding hydrogens is 636 g/mol. The van der Waals surface area contributed by atoms with Gasteiger partial charge in [-0.05, 0) is 77.0 Å². The zero-order valence-electron chi connectivity index (χ0n) is 28.5. The van der Waals surface area contributed by atoms with E-state index in [2.05, 4.69) is 16.7 Å². The number of aliphatic hydroxyl groups excluding tert-OH is 2. The van der Waals surface area contributed by atoms with Gasteiger partial charge in [0.1, 0.15) is 36.7 Å². The molecule has 2 saturated heterocycles. The molecule has 13 heteroatoms. The van der Waals surface area contributed by atoms with E-state index in [0.717, 1.165) is 19.3 Å². The third-order valence-electron chi connectivity index (χ3n) is 9.06. The molecule has 1 aromatic carbocycles. The van der Waals surface area contributed by atoms with E-state index >= 15 is 0 Å². The Hall–Kier alpha value is -3.62. The fraction of sp³-hybridized carbons (Fsp3) is 0.611. The van der Waals surface area contributed by atoms with Crippen molar-refractivity contribution in [3.05, 3.63) is 53.1 Å². The monoisotopic (exact) mass is 684 g/mol. The Kier molecular flexibility index (Phi) is 11.9. The van der Waals surface area contributed by atoms with Crippen LogP contribution >= 0.6 is 0 Å². The molecule has 0 aromatic heterocycles. The van der Waals surface area contributed by atoms with Crippen LogP contribution in [0, 0.1) is 5.92 Å². The standard InChI is InChI=1S/C36H48N2O11/c1-20(40)31(34(43)37-24(18-39)12-14-30(41)49-36(2,3)4)38-33(42)23-16-28-32(46-19-45-28)29(17-23)48-35(44)25-8-6-5-7-22(25)11-9-21-10-13-26-27(15-21)47-26/h5-9,11,16,20-21,24,26-29,31-32,39-40H,10,12-15,17-19H2,1-4H3,(H,37,43)(H,38,42). The van der Waals surface area contributed by atoms with Crippen molar-refractivity contribution < 1.29 is 53.1 Å². The highest BCUT2D eigenvalue weighted by Crippen LogP contribution is 2.40. The summed E-state index contributed by atoms with van der Waals surface area (Å²) in [4.78, 5) is 52.3. The molecule has 5 rings (SSSR count). The molecule has 13 nitrogen and oxygen atoms in total. The second-order valence-electron chi connectivity index (χ2n) is 14.2. The van der Waals surface area contributed by atoms with Crippen molar-refractivity contribution in [3.8, 4) is 0 Å². The van der Waals surface area contributed by atoms with Crippen LogP contribution in [0.2, 0.25) is 0 Å². The van der Waals surface area contributed by atoms with Crippen molar-refractivity contribution in [2.75, 3.05) is 13.4 Å². The first kappa shape index (κ1) is 36.7. The highest BCUT2D eigenvalue weighted by atomic mass is 16.7. The molecule has 0 bridgehead atoms. The van der Waals surface area contributed by atoms with Crippen molar-refractivity contribution >= 4 is 29.8 Å². The molecule has 1 aromatic rings.